The molecule has 0 radical (unpaired) electrons. The highest BCUT2D eigenvalue weighted by Gasteiger charge is 2.42. The van der Waals surface area contributed by atoms with Gasteiger partial charge in [-0.1, -0.05) is 109 Å². The van der Waals surface area contributed by atoms with E-state index in [1.807, 2.05) is 79.7 Å². The molecule has 210 valence electrons. The molecular formula is C36H31NO4S. The Labute approximate surface area is 247 Å². The third kappa shape index (κ3) is 4.54. The zero-order valence-corrected chi connectivity index (χ0v) is 24.5. The molecule has 0 saturated carbocycles. The van der Waals surface area contributed by atoms with Crippen LogP contribution < -0.4 is 14.8 Å². The lowest BCUT2D eigenvalue weighted by atomic mass is 9.76. The van der Waals surface area contributed by atoms with Crippen LogP contribution in [0.5, 0.6) is 11.5 Å². The lowest BCUT2D eigenvalue weighted by Gasteiger charge is -2.40. The van der Waals surface area contributed by atoms with Gasteiger partial charge < -0.3 is 14.8 Å². The monoisotopic (exact) mass is 573 g/mol. The number of hydrogen-bond acceptors (Lipinski definition) is 5. The number of fused-ring (bicyclic) bond motifs is 1. The van der Waals surface area contributed by atoms with E-state index in [1.165, 1.54) is 14.2 Å². The van der Waals surface area contributed by atoms with Crippen LogP contribution in [0.3, 0.4) is 0 Å². The van der Waals surface area contributed by atoms with Gasteiger partial charge in [-0.25, -0.2) is 8.42 Å². The third-order valence-corrected chi connectivity index (χ3v) is 9.56. The Morgan fingerprint density at radius 3 is 1.76 bits per heavy atom. The molecule has 1 aliphatic rings. The molecule has 0 saturated heterocycles. The Kier molecular flexibility index (Phi) is 7.09. The van der Waals surface area contributed by atoms with E-state index in [4.69, 9.17) is 9.47 Å². The minimum Gasteiger partial charge on any atom is -0.493 e. The van der Waals surface area contributed by atoms with Crippen LogP contribution in [0, 0.1) is 6.92 Å². The van der Waals surface area contributed by atoms with Crippen molar-refractivity contribution in [1.82, 2.24) is 0 Å². The fraction of sp³-hybridized carbons (Fsp3) is 0.111. The summed E-state index contributed by atoms with van der Waals surface area (Å²) in [6.45, 7) is 1.93. The molecular weight excluding hydrogens is 542 g/mol. The standard InChI is InChI=1S/C36H31NO4S/c1-25-19-21-29(22-20-25)42(38,39)35-33-30(23-32(40-2)34(35)41-3)31(26-13-7-4-8-14-26)24-36(37-33,27-15-9-5-10-16-27)28-17-11-6-12-18-28/h4-24,37H,1-3H3. The van der Waals surface area contributed by atoms with Crippen molar-refractivity contribution < 1.29 is 17.9 Å². The Morgan fingerprint density at radius 2 is 1.24 bits per heavy atom. The van der Waals surface area contributed by atoms with E-state index in [2.05, 4.69) is 35.7 Å². The number of nitrogens with one attached hydrogen (secondary N) is 1. The van der Waals surface area contributed by atoms with E-state index in [0.717, 1.165) is 27.8 Å². The van der Waals surface area contributed by atoms with Crippen LogP contribution in [0.2, 0.25) is 0 Å². The van der Waals surface area contributed by atoms with Crippen molar-refractivity contribution >= 4 is 21.1 Å². The van der Waals surface area contributed by atoms with Gasteiger partial charge in [-0.3, -0.25) is 0 Å². The second-order valence-corrected chi connectivity index (χ2v) is 12.2. The lowest BCUT2D eigenvalue weighted by Crippen LogP contribution is -2.38. The summed E-state index contributed by atoms with van der Waals surface area (Å²) in [7, 11) is -1.10. The van der Waals surface area contributed by atoms with Crippen LogP contribution in [0.4, 0.5) is 5.69 Å². The maximum atomic E-state index is 14.6. The van der Waals surface area contributed by atoms with Gasteiger partial charge in [-0.05, 0) is 53.5 Å². The van der Waals surface area contributed by atoms with Gasteiger partial charge in [-0.2, -0.15) is 0 Å². The topological polar surface area (TPSA) is 64.6 Å². The molecule has 1 aliphatic heterocycles. The number of rotatable bonds is 7. The Bertz CT molecular complexity index is 1830. The summed E-state index contributed by atoms with van der Waals surface area (Å²) in [6, 6.07) is 38.9. The smallest absolute Gasteiger partial charge is 0.212 e. The molecule has 0 fully saturated rings. The van der Waals surface area contributed by atoms with Crippen LogP contribution >= 0.6 is 0 Å². The molecule has 0 aromatic heterocycles. The quantitative estimate of drug-likeness (QED) is 0.217. The average Bonchev–Trinajstić information content (AvgIpc) is 3.04. The van der Waals surface area contributed by atoms with Crippen molar-refractivity contribution in [3.8, 4) is 11.5 Å². The summed E-state index contributed by atoms with van der Waals surface area (Å²) in [5.41, 5.74) is 4.95. The Balaban J connectivity index is 1.76. The number of methoxy groups -OCH3 is 2. The second-order valence-electron chi connectivity index (χ2n) is 10.3. The van der Waals surface area contributed by atoms with Gasteiger partial charge in [0.25, 0.3) is 0 Å². The van der Waals surface area contributed by atoms with Crippen LogP contribution in [-0.4, -0.2) is 22.6 Å². The summed E-state index contributed by atoms with van der Waals surface area (Å²) < 4.78 is 40.8. The molecule has 5 aromatic carbocycles. The maximum Gasteiger partial charge on any atom is 0.212 e. The van der Waals surface area contributed by atoms with E-state index in [1.54, 1.807) is 24.3 Å². The minimum atomic E-state index is -4.09. The molecule has 6 rings (SSSR count). The molecule has 0 aliphatic carbocycles. The lowest BCUT2D eigenvalue weighted by molar-refractivity contribution is 0.347. The first-order valence-corrected chi connectivity index (χ1v) is 15.2. The molecule has 42 heavy (non-hydrogen) atoms. The summed E-state index contributed by atoms with van der Waals surface area (Å²) in [4.78, 5) is 0.200. The molecule has 0 unspecified atom stereocenters. The zero-order valence-electron chi connectivity index (χ0n) is 23.7. The van der Waals surface area contributed by atoms with Crippen LogP contribution in [0.15, 0.2) is 137 Å². The first-order valence-electron chi connectivity index (χ1n) is 13.7. The fourth-order valence-electron chi connectivity index (χ4n) is 5.65. The van der Waals surface area contributed by atoms with E-state index in [0.29, 0.717) is 17.0 Å². The summed E-state index contributed by atoms with van der Waals surface area (Å²) in [6.07, 6.45) is 2.18. The van der Waals surface area contributed by atoms with Crippen molar-refractivity contribution in [1.29, 1.82) is 0 Å². The Morgan fingerprint density at radius 1 is 0.690 bits per heavy atom. The van der Waals surface area contributed by atoms with E-state index in [-0.39, 0.29) is 15.5 Å². The van der Waals surface area contributed by atoms with Crippen LogP contribution in [-0.2, 0) is 15.4 Å². The minimum absolute atomic E-state index is 0.0287. The van der Waals surface area contributed by atoms with Gasteiger partial charge >= 0.3 is 0 Å². The van der Waals surface area contributed by atoms with Crippen LogP contribution in [0.1, 0.15) is 27.8 Å². The van der Waals surface area contributed by atoms with Gasteiger partial charge in [0.2, 0.25) is 9.84 Å². The Hall–Kier alpha value is -4.81. The zero-order chi connectivity index (χ0) is 29.3. The van der Waals surface area contributed by atoms with E-state index < -0.39 is 15.4 Å². The highest BCUT2D eigenvalue weighted by Crippen LogP contribution is 2.53. The van der Waals surface area contributed by atoms with E-state index >= 15 is 0 Å². The molecule has 1 heterocycles. The van der Waals surface area contributed by atoms with Crippen molar-refractivity contribution in [2.24, 2.45) is 0 Å². The van der Waals surface area contributed by atoms with Gasteiger partial charge in [0.05, 0.1) is 24.8 Å². The predicted octanol–water partition coefficient (Wildman–Crippen LogP) is 7.65. The molecule has 5 aromatic rings. The van der Waals surface area contributed by atoms with Gasteiger partial charge in [0.1, 0.15) is 10.4 Å². The van der Waals surface area contributed by atoms with Gasteiger partial charge in [-0.15, -0.1) is 0 Å². The normalized spacial score (nSPS) is 13.8. The van der Waals surface area contributed by atoms with Crippen molar-refractivity contribution in [2.45, 2.75) is 22.3 Å². The molecule has 0 amide bonds. The number of anilines is 1. The van der Waals surface area contributed by atoms with Crippen molar-refractivity contribution in [3.63, 3.8) is 0 Å². The number of ether oxygens (including phenoxy) is 2. The summed E-state index contributed by atoms with van der Waals surface area (Å²) in [5.74, 6) is 0.478. The maximum absolute atomic E-state index is 14.6. The summed E-state index contributed by atoms with van der Waals surface area (Å²) in [5, 5.41) is 3.73. The highest BCUT2D eigenvalue weighted by atomic mass is 32.2. The fourth-order valence-corrected chi connectivity index (χ4v) is 7.24. The number of benzene rings is 5. The molecule has 1 N–H and O–H groups in total. The first kappa shape index (κ1) is 27.4. The first-order chi connectivity index (χ1) is 20.4. The summed E-state index contributed by atoms with van der Waals surface area (Å²) >= 11 is 0. The second kappa shape index (κ2) is 10.9. The number of hydrogen-bond donors (Lipinski definition) is 1. The molecule has 5 nitrogen and oxygen atoms in total. The number of aryl methyl sites for hydroxylation is 1. The molecule has 6 heteroatoms. The average molecular weight is 574 g/mol. The van der Waals surface area contributed by atoms with Crippen LogP contribution in [0.25, 0.3) is 5.57 Å². The SMILES string of the molecule is COc1cc2c(c(S(=O)(=O)c3ccc(C)cc3)c1OC)NC(c1ccccc1)(c1ccccc1)C=C2c1ccccc1. The largest absolute Gasteiger partial charge is 0.493 e. The van der Waals surface area contributed by atoms with Crippen molar-refractivity contribution in [2.75, 3.05) is 19.5 Å². The van der Waals surface area contributed by atoms with Gasteiger partial charge in [0, 0.05) is 5.56 Å². The third-order valence-electron chi connectivity index (χ3n) is 7.74. The van der Waals surface area contributed by atoms with Crippen molar-refractivity contribution in [3.05, 3.63) is 155 Å². The van der Waals surface area contributed by atoms with E-state index in [9.17, 15) is 8.42 Å². The molecule has 0 atom stereocenters. The highest BCUT2D eigenvalue weighted by molar-refractivity contribution is 7.91. The number of sulfone groups is 1. The van der Waals surface area contributed by atoms with Gasteiger partial charge in [0.15, 0.2) is 11.5 Å². The molecule has 0 spiro atoms. The molecule has 0 bridgehead atoms. The predicted molar refractivity (Wildman–Crippen MR) is 167 cm³/mol.